The predicted molar refractivity (Wildman–Crippen MR) is 79.2 cm³/mol. The number of nitrogens with two attached hydrogens (primary N) is 1. The number of ether oxygens (including phenoxy) is 1. The van der Waals surface area contributed by atoms with Crippen molar-refractivity contribution in [3.63, 3.8) is 0 Å². The first-order valence-corrected chi connectivity index (χ1v) is 6.68. The van der Waals surface area contributed by atoms with Crippen LogP contribution in [0.2, 0.25) is 0 Å². The molecule has 3 nitrogen and oxygen atoms in total. The van der Waals surface area contributed by atoms with E-state index in [1.165, 1.54) is 18.2 Å². The van der Waals surface area contributed by atoms with Gasteiger partial charge in [0, 0.05) is 17.2 Å². The average Bonchev–Trinajstić information content (AvgIpc) is 2.45. The minimum atomic E-state index is -0.385. The summed E-state index contributed by atoms with van der Waals surface area (Å²) in [4.78, 5) is 0. The van der Waals surface area contributed by atoms with E-state index < -0.39 is 0 Å². The lowest BCUT2D eigenvalue weighted by atomic mass is 10.1. The third-order valence-electron chi connectivity index (χ3n) is 3.23. The van der Waals surface area contributed by atoms with Crippen LogP contribution in [0.3, 0.4) is 0 Å². The Morgan fingerprint density at radius 3 is 2.71 bits per heavy atom. The summed E-state index contributed by atoms with van der Waals surface area (Å²) >= 11 is 0. The summed E-state index contributed by atoms with van der Waals surface area (Å²) in [5.74, 6) is 0.280. The van der Waals surface area contributed by atoms with Crippen molar-refractivity contribution in [2.24, 2.45) is 5.73 Å². The van der Waals surface area contributed by atoms with E-state index in [9.17, 15) is 4.39 Å². The lowest BCUT2D eigenvalue weighted by molar-refractivity contribution is 0.300. The third kappa shape index (κ3) is 3.59. The number of hydrogen-bond acceptors (Lipinski definition) is 3. The van der Waals surface area contributed by atoms with Gasteiger partial charge in [0.2, 0.25) is 0 Å². The Morgan fingerprint density at radius 2 is 2.05 bits per heavy atom. The van der Waals surface area contributed by atoms with Gasteiger partial charge in [0.15, 0.2) is 0 Å². The van der Waals surface area contributed by atoms with E-state index in [4.69, 9.17) is 15.7 Å². The molecule has 0 saturated heterocycles. The Bertz CT molecular complexity index is 690. The normalized spacial score (nSPS) is 11.8. The molecule has 0 fully saturated rings. The molecule has 1 atom stereocenters. The summed E-state index contributed by atoms with van der Waals surface area (Å²) in [5, 5.41) is 9.05. The van der Waals surface area contributed by atoms with E-state index in [1.807, 2.05) is 38.1 Å². The van der Waals surface area contributed by atoms with Crippen LogP contribution >= 0.6 is 0 Å². The minimum Gasteiger partial charge on any atom is -0.489 e. The molecule has 0 radical (unpaired) electrons. The summed E-state index contributed by atoms with van der Waals surface area (Å²) in [6.45, 7) is 3.96. The quantitative estimate of drug-likeness (QED) is 0.933. The van der Waals surface area contributed by atoms with Gasteiger partial charge in [-0.15, -0.1) is 0 Å². The zero-order chi connectivity index (χ0) is 15.4. The van der Waals surface area contributed by atoms with Crippen molar-refractivity contribution >= 4 is 0 Å². The highest BCUT2D eigenvalue weighted by Gasteiger charge is 2.10. The maximum atomic E-state index is 13.3. The van der Waals surface area contributed by atoms with Crippen LogP contribution in [0.15, 0.2) is 36.4 Å². The number of nitrogens with zero attached hydrogens (tertiary/aromatic N) is 1. The van der Waals surface area contributed by atoms with Crippen LogP contribution in [0.4, 0.5) is 4.39 Å². The molecule has 0 spiro atoms. The summed E-state index contributed by atoms with van der Waals surface area (Å²) in [6.07, 6.45) is 0. The molecule has 0 amide bonds. The van der Waals surface area contributed by atoms with Crippen LogP contribution in [-0.4, -0.2) is 0 Å². The molecule has 0 aliphatic heterocycles. The van der Waals surface area contributed by atoms with Crippen molar-refractivity contribution in [1.82, 2.24) is 0 Å². The maximum Gasteiger partial charge on any atom is 0.124 e. The molecule has 4 heteroatoms. The molecule has 2 rings (SSSR count). The van der Waals surface area contributed by atoms with E-state index in [-0.39, 0.29) is 18.5 Å². The highest BCUT2D eigenvalue weighted by Crippen LogP contribution is 2.26. The zero-order valence-corrected chi connectivity index (χ0v) is 12.1. The van der Waals surface area contributed by atoms with Gasteiger partial charge in [-0.3, -0.25) is 0 Å². The van der Waals surface area contributed by atoms with Gasteiger partial charge in [0.05, 0.1) is 11.6 Å². The fraction of sp³-hybridized carbons (Fsp3) is 0.235. The topological polar surface area (TPSA) is 59.0 Å². The molecule has 0 aromatic heterocycles. The first-order valence-electron chi connectivity index (χ1n) is 6.68. The average molecular weight is 284 g/mol. The third-order valence-corrected chi connectivity index (χ3v) is 3.23. The molecule has 1 unspecified atom stereocenters. The highest BCUT2D eigenvalue weighted by molar-refractivity contribution is 5.41. The molecule has 0 bridgehead atoms. The molecule has 2 aromatic carbocycles. The number of rotatable bonds is 4. The lowest BCUT2D eigenvalue weighted by Crippen LogP contribution is -2.09. The maximum absolute atomic E-state index is 13.3. The number of hydrogen-bond donors (Lipinski definition) is 1. The molecule has 2 N–H and O–H groups in total. The molecule has 108 valence electrons. The van der Waals surface area contributed by atoms with Gasteiger partial charge in [0.1, 0.15) is 18.2 Å². The highest BCUT2D eigenvalue weighted by atomic mass is 19.1. The van der Waals surface area contributed by atoms with Crippen molar-refractivity contribution in [1.29, 1.82) is 5.26 Å². The zero-order valence-electron chi connectivity index (χ0n) is 12.1. The van der Waals surface area contributed by atoms with E-state index >= 15 is 0 Å². The Morgan fingerprint density at radius 1 is 1.29 bits per heavy atom. The molecule has 0 aliphatic carbocycles. The molecule has 21 heavy (non-hydrogen) atoms. The standard InChI is InChI=1S/C17H17FN2O/c1-11-3-6-16(12(2)20)17(7-11)21-10-14-8-15(18)5-4-13(14)9-19/h3-8,12H,10,20H2,1-2H3. The molecule has 0 aliphatic rings. The Balaban J connectivity index is 2.26. The van der Waals surface area contributed by atoms with E-state index in [0.717, 1.165) is 11.1 Å². The Labute approximate surface area is 123 Å². The van der Waals surface area contributed by atoms with Gasteiger partial charge < -0.3 is 10.5 Å². The summed E-state index contributed by atoms with van der Waals surface area (Å²) in [6, 6.07) is 11.7. The van der Waals surface area contributed by atoms with Gasteiger partial charge in [-0.25, -0.2) is 4.39 Å². The summed E-state index contributed by atoms with van der Waals surface area (Å²) < 4.78 is 19.1. The molecule has 2 aromatic rings. The monoisotopic (exact) mass is 284 g/mol. The minimum absolute atomic E-state index is 0.129. The Kier molecular flexibility index (Phi) is 4.56. The summed E-state index contributed by atoms with van der Waals surface area (Å²) in [7, 11) is 0. The van der Waals surface area contributed by atoms with Gasteiger partial charge >= 0.3 is 0 Å². The Hall–Kier alpha value is -2.38. The number of aryl methyl sites for hydroxylation is 1. The van der Waals surface area contributed by atoms with Crippen molar-refractivity contribution < 1.29 is 9.13 Å². The molecule has 0 saturated carbocycles. The van der Waals surface area contributed by atoms with E-state index in [2.05, 4.69) is 0 Å². The van der Waals surface area contributed by atoms with E-state index in [0.29, 0.717) is 16.9 Å². The van der Waals surface area contributed by atoms with Crippen LogP contribution < -0.4 is 10.5 Å². The lowest BCUT2D eigenvalue weighted by Gasteiger charge is -2.15. The SMILES string of the molecule is Cc1ccc(C(C)N)c(OCc2cc(F)ccc2C#N)c1. The van der Waals surface area contributed by atoms with Crippen LogP contribution in [-0.2, 0) is 6.61 Å². The van der Waals surface area contributed by atoms with Crippen molar-refractivity contribution in [2.75, 3.05) is 0 Å². The van der Waals surface area contributed by atoms with Gasteiger partial charge in [-0.1, -0.05) is 12.1 Å². The van der Waals surface area contributed by atoms with Gasteiger partial charge in [-0.2, -0.15) is 5.26 Å². The van der Waals surface area contributed by atoms with Crippen LogP contribution in [0.25, 0.3) is 0 Å². The fourth-order valence-electron chi connectivity index (χ4n) is 2.09. The smallest absolute Gasteiger partial charge is 0.124 e. The number of halogens is 1. The second-order valence-corrected chi connectivity index (χ2v) is 5.03. The number of benzene rings is 2. The molecular weight excluding hydrogens is 267 g/mol. The number of nitriles is 1. The van der Waals surface area contributed by atoms with Crippen LogP contribution in [0, 0.1) is 24.1 Å². The second-order valence-electron chi connectivity index (χ2n) is 5.03. The first kappa shape index (κ1) is 15.0. The van der Waals surface area contributed by atoms with E-state index in [1.54, 1.807) is 0 Å². The summed E-state index contributed by atoms with van der Waals surface area (Å²) in [5.41, 5.74) is 8.79. The van der Waals surface area contributed by atoms with Gasteiger partial charge in [0.25, 0.3) is 0 Å². The van der Waals surface area contributed by atoms with Gasteiger partial charge in [-0.05, 0) is 43.7 Å². The van der Waals surface area contributed by atoms with Crippen LogP contribution in [0.1, 0.15) is 35.2 Å². The van der Waals surface area contributed by atoms with Crippen molar-refractivity contribution in [3.8, 4) is 11.8 Å². The predicted octanol–water partition coefficient (Wildman–Crippen LogP) is 3.60. The second kappa shape index (κ2) is 6.38. The fourth-order valence-corrected chi connectivity index (χ4v) is 2.09. The molecular formula is C17H17FN2O. The van der Waals surface area contributed by atoms with Crippen molar-refractivity contribution in [2.45, 2.75) is 26.5 Å². The van der Waals surface area contributed by atoms with Crippen molar-refractivity contribution in [3.05, 3.63) is 64.5 Å². The first-order chi connectivity index (χ1) is 10.0. The van der Waals surface area contributed by atoms with Crippen LogP contribution in [0.5, 0.6) is 5.75 Å². The largest absolute Gasteiger partial charge is 0.489 e. The molecule has 0 heterocycles.